The van der Waals surface area contributed by atoms with Gasteiger partial charge in [-0.15, -0.1) is 11.3 Å². The van der Waals surface area contributed by atoms with Crippen LogP contribution in [0.25, 0.3) is 53.4 Å². The zero-order chi connectivity index (χ0) is 19.5. The van der Waals surface area contributed by atoms with Crippen molar-refractivity contribution >= 4 is 53.4 Å². The Balaban J connectivity index is 1.69. The highest BCUT2D eigenvalue weighted by molar-refractivity contribution is 7.26. The van der Waals surface area contributed by atoms with Crippen molar-refractivity contribution in [3.05, 3.63) is 78.5 Å². The quantitative estimate of drug-likeness (QED) is 0.297. The number of hydrogen-bond acceptors (Lipinski definition) is 3. The summed E-state index contributed by atoms with van der Waals surface area (Å²) < 4.78 is 9.06. The first-order valence-electron chi connectivity index (χ1n) is 9.92. The summed E-state index contributed by atoms with van der Waals surface area (Å²) in [6, 6.07) is 23.6. The third kappa shape index (κ3) is 2.44. The van der Waals surface area contributed by atoms with Crippen LogP contribution in [0.5, 0.6) is 0 Å². The molecular formula is C26H19NOS. The van der Waals surface area contributed by atoms with E-state index in [1.54, 1.807) is 11.3 Å². The smallest absolute Gasteiger partial charge is 0.153 e. The van der Waals surface area contributed by atoms with Gasteiger partial charge in [-0.25, -0.2) is 0 Å². The van der Waals surface area contributed by atoms with E-state index in [9.17, 15) is 0 Å². The summed E-state index contributed by atoms with van der Waals surface area (Å²) in [6.07, 6.45) is 1.90. The largest absolute Gasteiger partial charge is 0.454 e. The number of nitrogens with zero attached hydrogens (tertiary/aromatic N) is 1. The van der Waals surface area contributed by atoms with Crippen molar-refractivity contribution in [3.63, 3.8) is 0 Å². The summed E-state index contributed by atoms with van der Waals surface area (Å²) in [5.74, 6) is 0.463. The molecule has 3 aromatic heterocycles. The van der Waals surface area contributed by atoms with Crippen LogP contribution >= 0.6 is 11.3 Å². The third-order valence-electron chi connectivity index (χ3n) is 5.74. The zero-order valence-electron chi connectivity index (χ0n) is 16.3. The van der Waals surface area contributed by atoms with E-state index in [1.807, 2.05) is 6.20 Å². The number of thiophene rings is 1. The van der Waals surface area contributed by atoms with Crippen molar-refractivity contribution in [2.24, 2.45) is 0 Å². The standard InChI is InChI=1S/C26H19NOS/c1-15(2)16-12-13-27-22(14-16)21-8-5-7-18-19-10-11-20-17-6-3-4-9-23(17)29-26(20)25(19)28-24(18)21/h3-15H,1-2H3. The fraction of sp³-hybridized carbons (Fsp3) is 0.115. The fourth-order valence-electron chi connectivity index (χ4n) is 4.19. The summed E-state index contributed by atoms with van der Waals surface area (Å²) in [5, 5.41) is 4.87. The van der Waals surface area contributed by atoms with Gasteiger partial charge in [0.2, 0.25) is 0 Å². The molecule has 3 aromatic carbocycles. The Morgan fingerprint density at radius 2 is 1.59 bits per heavy atom. The summed E-state index contributed by atoms with van der Waals surface area (Å²) in [7, 11) is 0. The van der Waals surface area contributed by atoms with Gasteiger partial charge in [0, 0.05) is 38.0 Å². The highest BCUT2D eigenvalue weighted by Crippen LogP contribution is 2.43. The van der Waals surface area contributed by atoms with Crippen molar-refractivity contribution in [3.8, 4) is 11.3 Å². The molecule has 0 amide bonds. The first-order valence-corrected chi connectivity index (χ1v) is 10.7. The van der Waals surface area contributed by atoms with Gasteiger partial charge < -0.3 is 4.42 Å². The van der Waals surface area contributed by atoms with Crippen molar-refractivity contribution < 1.29 is 4.42 Å². The highest BCUT2D eigenvalue weighted by Gasteiger charge is 2.17. The highest BCUT2D eigenvalue weighted by atomic mass is 32.1. The SMILES string of the molecule is CC(C)c1ccnc(-c2cccc3c2oc2c3ccc3c4ccccc4sc32)c1. The molecule has 0 aliphatic rings. The van der Waals surface area contributed by atoms with Gasteiger partial charge in [0.1, 0.15) is 5.58 Å². The van der Waals surface area contributed by atoms with Gasteiger partial charge >= 0.3 is 0 Å². The Hall–Kier alpha value is -3.17. The summed E-state index contributed by atoms with van der Waals surface area (Å²) in [5.41, 5.74) is 5.20. The lowest BCUT2D eigenvalue weighted by Gasteiger charge is -2.07. The van der Waals surface area contributed by atoms with Gasteiger partial charge in [-0.3, -0.25) is 4.98 Å². The lowest BCUT2D eigenvalue weighted by molar-refractivity contribution is 0.674. The second-order valence-corrected chi connectivity index (χ2v) is 8.88. The van der Waals surface area contributed by atoms with E-state index < -0.39 is 0 Å². The molecule has 0 atom stereocenters. The minimum absolute atomic E-state index is 0.463. The number of hydrogen-bond donors (Lipinski definition) is 0. The molecule has 0 aliphatic carbocycles. The van der Waals surface area contributed by atoms with E-state index in [0.717, 1.165) is 27.8 Å². The van der Waals surface area contributed by atoms with E-state index in [4.69, 9.17) is 4.42 Å². The molecule has 0 unspecified atom stereocenters. The van der Waals surface area contributed by atoms with E-state index in [2.05, 4.69) is 85.6 Å². The molecule has 6 aromatic rings. The molecule has 2 nitrogen and oxygen atoms in total. The second kappa shape index (κ2) is 6.16. The van der Waals surface area contributed by atoms with Gasteiger partial charge in [-0.05, 0) is 41.8 Å². The van der Waals surface area contributed by atoms with Gasteiger partial charge in [-0.1, -0.05) is 50.2 Å². The van der Waals surface area contributed by atoms with Gasteiger partial charge in [0.05, 0.1) is 10.4 Å². The molecule has 0 radical (unpaired) electrons. The lowest BCUT2D eigenvalue weighted by Crippen LogP contribution is -1.90. The van der Waals surface area contributed by atoms with E-state index in [1.165, 1.54) is 31.1 Å². The summed E-state index contributed by atoms with van der Waals surface area (Å²) in [6.45, 7) is 4.41. The molecule has 29 heavy (non-hydrogen) atoms. The first kappa shape index (κ1) is 16.8. The minimum atomic E-state index is 0.463. The first-order chi connectivity index (χ1) is 14.2. The van der Waals surface area contributed by atoms with E-state index >= 15 is 0 Å². The van der Waals surface area contributed by atoms with Crippen LogP contribution in [0.2, 0.25) is 0 Å². The normalized spacial score (nSPS) is 12.1. The average molecular weight is 394 g/mol. The topological polar surface area (TPSA) is 26.0 Å². The number of fused-ring (bicyclic) bond motifs is 7. The Labute approximate surface area is 172 Å². The Kier molecular flexibility index (Phi) is 3.56. The second-order valence-electron chi connectivity index (χ2n) is 7.83. The van der Waals surface area contributed by atoms with Gasteiger partial charge in [0.15, 0.2) is 5.58 Å². The molecule has 0 saturated carbocycles. The van der Waals surface area contributed by atoms with Crippen LogP contribution in [0.15, 0.2) is 77.3 Å². The predicted molar refractivity (Wildman–Crippen MR) is 124 cm³/mol. The predicted octanol–water partition coefficient (Wildman–Crippen LogP) is 8.14. The van der Waals surface area contributed by atoms with Crippen LogP contribution < -0.4 is 0 Å². The van der Waals surface area contributed by atoms with Crippen LogP contribution in [0.1, 0.15) is 25.3 Å². The van der Waals surface area contributed by atoms with Crippen LogP contribution in [-0.4, -0.2) is 4.98 Å². The van der Waals surface area contributed by atoms with Crippen molar-refractivity contribution in [1.82, 2.24) is 4.98 Å². The lowest BCUT2D eigenvalue weighted by atomic mass is 10.0. The maximum atomic E-state index is 6.55. The maximum absolute atomic E-state index is 6.55. The van der Waals surface area contributed by atoms with Crippen LogP contribution in [0.3, 0.4) is 0 Å². The minimum Gasteiger partial charge on any atom is -0.454 e. The molecule has 0 saturated heterocycles. The Morgan fingerprint density at radius 1 is 0.793 bits per heavy atom. The molecule has 0 bridgehead atoms. The average Bonchev–Trinajstić information content (AvgIpc) is 3.32. The van der Waals surface area contributed by atoms with Crippen LogP contribution in [0, 0.1) is 0 Å². The molecule has 3 heterocycles. The van der Waals surface area contributed by atoms with E-state index in [-0.39, 0.29) is 0 Å². The molecule has 0 spiro atoms. The number of rotatable bonds is 2. The molecule has 0 fully saturated rings. The molecule has 140 valence electrons. The summed E-state index contributed by atoms with van der Waals surface area (Å²) >= 11 is 1.81. The zero-order valence-corrected chi connectivity index (χ0v) is 17.1. The van der Waals surface area contributed by atoms with Crippen LogP contribution in [-0.2, 0) is 0 Å². The number of aromatic nitrogens is 1. The van der Waals surface area contributed by atoms with E-state index in [0.29, 0.717) is 5.92 Å². The molecule has 0 N–H and O–H groups in total. The summed E-state index contributed by atoms with van der Waals surface area (Å²) in [4.78, 5) is 4.65. The Bertz CT molecular complexity index is 1540. The third-order valence-corrected chi connectivity index (χ3v) is 6.92. The van der Waals surface area contributed by atoms with Gasteiger partial charge in [0.25, 0.3) is 0 Å². The monoisotopic (exact) mass is 393 g/mol. The number of pyridine rings is 1. The number of furan rings is 1. The Morgan fingerprint density at radius 3 is 2.48 bits per heavy atom. The molecular weight excluding hydrogens is 374 g/mol. The van der Waals surface area contributed by atoms with Gasteiger partial charge in [-0.2, -0.15) is 0 Å². The molecule has 0 aliphatic heterocycles. The maximum Gasteiger partial charge on any atom is 0.153 e. The van der Waals surface area contributed by atoms with Crippen molar-refractivity contribution in [1.29, 1.82) is 0 Å². The molecule has 3 heteroatoms. The van der Waals surface area contributed by atoms with Crippen molar-refractivity contribution in [2.45, 2.75) is 19.8 Å². The fourth-order valence-corrected chi connectivity index (χ4v) is 5.38. The molecule has 6 rings (SSSR count). The van der Waals surface area contributed by atoms with Crippen molar-refractivity contribution in [2.75, 3.05) is 0 Å². The number of para-hydroxylation sites is 1. The van der Waals surface area contributed by atoms with Crippen LogP contribution in [0.4, 0.5) is 0 Å². The number of benzene rings is 3.